The largest absolute Gasteiger partial charge is 0.493 e. The lowest BCUT2D eigenvalue weighted by Crippen LogP contribution is -2.17. The van der Waals surface area contributed by atoms with Gasteiger partial charge in [-0.05, 0) is 49.7 Å². The molecular weight excluding hydrogens is 453 g/mol. The van der Waals surface area contributed by atoms with Crippen molar-refractivity contribution in [3.05, 3.63) is 56.0 Å². The maximum Gasteiger partial charge on any atom is 0.167 e. The van der Waals surface area contributed by atoms with E-state index in [0.29, 0.717) is 34.7 Å². The summed E-state index contributed by atoms with van der Waals surface area (Å²) >= 11 is 15.7. The second kappa shape index (κ2) is 11.8. The summed E-state index contributed by atoms with van der Waals surface area (Å²) in [6.07, 6.45) is 0.953. The predicted octanol–water partition coefficient (Wildman–Crippen LogP) is 5.86. The van der Waals surface area contributed by atoms with Crippen molar-refractivity contribution < 1.29 is 14.2 Å². The smallest absolute Gasteiger partial charge is 0.167 e. The van der Waals surface area contributed by atoms with Crippen molar-refractivity contribution in [2.45, 2.75) is 26.5 Å². The Morgan fingerprint density at radius 3 is 2.63 bits per heavy atom. The zero-order valence-electron chi connectivity index (χ0n) is 15.5. The highest BCUT2D eigenvalue weighted by Crippen LogP contribution is 2.37. The molecule has 0 aliphatic rings. The van der Waals surface area contributed by atoms with Gasteiger partial charge in [0.15, 0.2) is 11.5 Å². The van der Waals surface area contributed by atoms with Crippen LogP contribution >= 0.6 is 39.1 Å². The molecule has 0 spiro atoms. The molecule has 27 heavy (non-hydrogen) atoms. The lowest BCUT2D eigenvalue weighted by Gasteiger charge is -2.17. The van der Waals surface area contributed by atoms with Crippen LogP contribution in [0.4, 0.5) is 0 Å². The molecule has 0 fully saturated rings. The number of ether oxygens (including phenoxy) is 3. The number of halogens is 3. The van der Waals surface area contributed by atoms with Gasteiger partial charge in [-0.3, -0.25) is 0 Å². The van der Waals surface area contributed by atoms with Crippen LogP contribution in [0.15, 0.2) is 34.8 Å². The Labute approximate surface area is 179 Å². The normalized spacial score (nSPS) is 10.9. The first-order valence-electron chi connectivity index (χ1n) is 8.77. The number of rotatable bonds is 11. The van der Waals surface area contributed by atoms with Crippen molar-refractivity contribution in [3.8, 4) is 11.5 Å². The summed E-state index contributed by atoms with van der Waals surface area (Å²) in [6, 6.07) is 9.31. The molecular formula is C20H24BrCl2NO3. The standard InChI is InChI=1S/C20H24BrCl2NO3/c1-3-26-10-4-9-24-12-15-16(21)6-8-19(25-2)20(15)27-13-14-5-7-17(22)18(23)11-14/h5-8,11,24H,3-4,9-10,12-13H2,1-2H3. The van der Waals surface area contributed by atoms with Crippen LogP contribution in [-0.4, -0.2) is 26.9 Å². The SMILES string of the molecule is CCOCCCNCc1c(Br)ccc(OC)c1OCc1ccc(Cl)c(Cl)c1. The van der Waals surface area contributed by atoms with Crippen molar-refractivity contribution in [1.82, 2.24) is 5.32 Å². The summed E-state index contributed by atoms with van der Waals surface area (Å²) in [5.74, 6) is 1.39. The average Bonchev–Trinajstić information content (AvgIpc) is 2.66. The van der Waals surface area contributed by atoms with Crippen molar-refractivity contribution in [2.75, 3.05) is 26.9 Å². The Hall–Kier alpha value is -0.980. The molecule has 2 aromatic carbocycles. The van der Waals surface area contributed by atoms with E-state index in [1.54, 1.807) is 19.2 Å². The van der Waals surface area contributed by atoms with E-state index in [9.17, 15) is 0 Å². The van der Waals surface area contributed by atoms with Crippen LogP contribution in [0.1, 0.15) is 24.5 Å². The first-order chi connectivity index (χ1) is 13.1. The maximum atomic E-state index is 6.10. The van der Waals surface area contributed by atoms with Crippen LogP contribution in [0.2, 0.25) is 10.0 Å². The van der Waals surface area contributed by atoms with Gasteiger partial charge in [-0.1, -0.05) is 45.2 Å². The molecule has 0 aromatic heterocycles. The molecule has 148 valence electrons. The molecule has 0 heterocycles. The van der Waals surface area contributed by atoms with Gasteiger partial charge in [0.2, 0.25) is 0 Å². The summed E-state index contributed by atoms with van der Waals surface area (Å²) < 4.78 is 17.9. The maximum absolute atomic E-state index is 6.10. The monoisotopic (exact) mass is 475 g/mol. The van der Waals surface area contributed by atoms with E-state index in [1.165, 1.54) is 0 Å². The highest BCUT2D eigenvalue weighted by molar-refractivity contribution is 9.10. The first-order valence-corrected chi connectivity index (χ1v) is 10.3. The van der Waals surface area contributed by atoms with Crippen molar-refractivity contribution in [2.24, 2.45) is 0 Å². The highest BCUT2D eigenvalue weighted by Gasteiger charge is 2.15. The summed E-state index contributed by atoms with van der Waals surface area (Å²) in [5, 5.41) is 4.46. The molecule has 0 atom stereocenters. The quantitative estimate of drug-likeness (QED) is 0.412. The molecule has 7 heteroatoms. The topological polar surface area (TPSA) is 39.7 Å². The fourth-order valence-electron chi connectivity index (χ4n) is 2.51. The van der Waals surface area contributed by atoms with Crippen LogP contribution < -0.4 is 14.8 Å². The van der Waals surface area contributed by atoms with Crippen LogP contribution in [0.25, 0.3) is 0 Å². The molecule has 0 aliphatic heterocycles. The molecule has 2 rings (SSSR count). The van der Waals surface area contributed by atoms with Crippen molar-refractivity contribution >= 4 is 39.1 Å². The zero-order valence-corrected chi connectivity index (χ0v) is 18.6. The van der Waals surface area contributed by atoms with Gasteiger partial charge in [-0.25, -0.2) is 0 Å². The van der Waals surface area contributed by atoms with E-state index in [-0.39, 0.29) is 0 Å². The van der Waals surface area contributed by atoms with E-state index < -0.39 is 0 Å². The molecule has 2 aromatic rings. The van der Waals surface area contributed by atoms with Crippen LogP contribution in [0.5, 0.6) is 11.5 Å². The molecule has 0 bridgehead atoms. The molecule has 0 aliphatic carbocycles. The Morgan fingerprint density at radius 2 is 1.93 bits per heavy atom. The van der Waals surface area contributed by atoms with Gasteiger partial charge >= 0.3 is 0 Å². The molecule has 1 N–H and O–H groups in total. The molecule has 0 saturated heterocycles. The minimum Gasteiger partial charge on any atom is -0.493 e. The van der Waals surface area contributed by atoms with Crippen molar-refractivity contribution in [3.63, 3.8) is 0 Å². The minimum absolute atomic E-state index is 0.362. The summed E-state index contributed by atoms with van der Waals surface area (Å²) in [4.78, 5) is 0. The zero-order chi connectivity index (χ0) is 19.6. The number of hydrogen-bond acceptors (Lipinski definition) is 4. The van der Waals surface area contributed by atoms with Gasteiger partial charge in [0.1, 0.15) is 6.61 Å². The average molecular weight is 477 g/mol. The van der Waals surface area contributed by atoms with Gasteiger partial charge in [-0.2, -0.15) is 0 Å². The second-order valence-corrected chi connectivity index (χ2v) is 7.49. The van der Waals surface area contributed by atoms with Crippen molar-refractivity contribution in [1.29, 1.82) is 0 Å². The summed E-state index contributed by atoms with van der Waals surface area (Å²) in [7, 11) is 1.63. The van der Waals surface area contributed by atoms with Crippen LogP contribution in [-0.2, 0) is 17.9 Å². The fourth-order valence-corrected chi connectivity index (χ4v) is 3.28. The molecule has 0 unspecified atom stereocenters. The third kappa shape index (κ3) is 6.84. The Balaban J connectivity index is 2.08. The first kappa shape index (κ1) is 22.3. The second-order valence-electron chi connectivity index (χ2n) is 5.82. The van der Waals surface area contributed by atoms with E-state index in [1.807, 2.05) is 25.1 Å². The number of hydrogen-bond donors (Lipinski definition) is 1. The van der Waals surface area contributed by atoms with E-state index in [2.05, 4.69) is 21.2 Å². The van der Waals surface area contributed by atoms with Gasteiger partial charge in [0.25, 0.3) is 0 Å². The number of benzene rings is 2. The Kier molecular flexibility index (Phi) is 9.73. The van der Waals surface area contributed by atoms with Gasteiger partial charge < -0.3 is 19.5 Å². The summed E-state index contributed by atoms with van der Waals surface area (Å²) in [6.45, 7) is 5.37. The molecule has 4 nitrogen and oxygen atoms in total. The van der Waals surface area contributed by atoms with Gasteiger partial charge in [0.05, 0.1) is 17.2 Å². The van der Waals surface area contributed by atoms with E-state index in [0.717, 1.165) is 41.8 Å². The number of methoxy groups -OCH3 is 1. The van der Waals surface area contributed by atoms with Crippen LogP contribution in [0.3, 0.4) is 0 Å². The highest BCUT2D eigenvalue weighted by atomic mass is 79.9. The van der Waals surface area contributed by atoms with Gasteiger partial charge in [-0.15, -0.1) is 0 Å². The van der Waals surface area contributed by atoms with Crippen LogP contribution in [0, 0.1) is 0 Å². The minimum atomic E-state index is 0.362. The van der Waals surface area contributed by atoms with E-state index >= 15 is 0 Å². The lowest BCUT2D eigenvalue weighted by atomic mass is 10.1. The molecule has 0 radical (unpaired) electrons. The third-order valence-electron chi connectivity index (χ3n) is 3.90. The number of nitrogens with one attached hydrogen (secondary N) is 1. The third-order valence-corrected chi connectivity index (χ3v) is 5.38. The Bertz CT molecular complexity index is 743. The lowest BCUT2D eigenvalue weighted by molar-refractivity contribution is 0.144. The predicted molar refractivity (Wildman–Crippen MR) is 114 cm³/mol. The Morgan fingerprint density at radius 1 is 1.11 bits per heavy atom. The van der Waals surface area contributed by atoms with Gasteiger partial charge in [0, 0.05) is 29.8 Å². The molecule has 0 saturated carbocycles. The summed E-state index contributed by atoms with van der Waals surface area (Å²) in [5.41, 5.74) is 1.94. The van der Waals surface area contributed by atoms with E-state index in [4.69, 9.17) is 37.4 Å². The molecule has 0 amide bonds. The fraction of sp³-hybridized carbons (Fsp3) is 0.400.